The van der Waals surface area contributed by atoms with Crippen LogP contribution in [0.4, 0.5) is 0 Å². The molecule has 0 amide bonds. The highest BCUT2D eigenvalue weighted by molar-refractivity contribution is 5.09. The quantitative estimate of drug-likeness (QED) is 0.659. The Morgan fingerprint density at radius 3 is 2.29 bits per heavy atom. The molecule has 1 saturated heterocycles. The van der Waals surface area contributed by atoms with E-state index in [1.807, 2.05) is 0 Å². The Balaban J connectivity index is 1.60. The van der Waals surface area contributed by atoms with E-state index in [0.29, 0.717) is 0 Å². The lowest BCUT2D eigenvalue weighted by Gasteiger charge is -2.60. The number of hydrogen-bond donors (Lipinski definition) is 0. The SMILES string of the molecule is C=CCN1CCC2(C1)C1CC3CC(C1)CC2C3. The summed E-state index contributed by atoms with van der Waals surface area (Å²) in [7, 11) is 0. The maximum Gasteiger partial charge on any atom is 0.0160 e. The molecule has 5 fully saturated rings. The molecule has 4 saturated carbocycles. The van der Waals surface area contributed by atoms with Crippen molar-refractivity contribution in [2.45, 2.75) is 38.5 Å². The lowest BCUT2D eigenvalue weighted by molar-refractivity contribution is -0.101. The highest BCUT2D eigenvalue weighted by Crippen LogP contribution is 2.64. The van der Waals surface area contributed by atoms with Crippen molar-refractivity contribution in [1.29, 1.82) is 0 Å². The lowest BCUT2D eigenvalue weighted by atomic mass is 9.45. The van der Waals surface area contributed by atoms with Gasteiger partial charge in [-0.2, -0.15) is 0 Å². The predicted octanol–water partition coefficient (Wildman–Crippen LogP) is 3.32. The zero-order valence-electron chi connectivity index (χ0n) is 10.9. The van der Waals surface area contributed by atoms with Gasteiger partial charge in [-0.1, -0.05) is 6.08 Å². The van der Waals surface area contributed by atoms with E-state index in [2.05, 4.69) is 17.6 Å². The Hall–Kier alpha value is -0.300. The van der Waals surface area contributed by atoms with Crippen molar-refractivity contribution in [3.05, 3.63) is 12.7 Å². The van der Waals surface area contributed by atoms with Gasteiger partial charge in [0.15, 0.2) is 0 Å². The van der Waals surface area contributed by atoms with E-state index in [1.165, 1.54) is 19.5 Å². The fraction of sp³-hybridized carbons (Fsp3) is 0.875. The van der Waals surface area contributed by atoms with Gasteiger partial charge in [0.25, 0.3) is 0 Å². The van der Waals surface area contributed by atoms with E-state index in [4.69, 9.17) is 0 Å². The number of rotatable bonds is 2. The molecule has 0 aromatic rings. The van der Waals surface area contributed by atoms with Gasteiger partial charge in [-0.05, 0) is 74.2 Å². The molecule has 0 aromatic carbocycles. The monoisotopic (exact) mass is 231 g/mol. The van der Waals surface area contributed by atoms with Gasteiger partial charge in [0.05, 0.1) is 0 Å². The molecule has 5 rings (SSSR count). The van der Waals surface area contributed by atoms with Gasteiger partial charge in [-0.15, -0.1) is 6.58 Å². The molecule has 1 nitrogen and oxygen atoms in total. The molecule has 0 unspecified atom stereocenters. The first kappa shape index (κ1) is 10.6. The smallest absolute Gasteiger partial charge is 0.0160 e. The minimum Gasteiger partial charge on any atom is -0.299 e. The van der Waals surface area contributed by atoms with Crippen molar-refractivity contribution < 1.29 is 0 Å². The molecule has 4 bridgehead atoms. The van der Waals surface area contributed by atoms with Crippen LogP contribution in [0.15, 0.2) is 12.7 Å². The minimum absolute atomic E-state index is 0.746. The Kier molecular flexibility index (Phi) is 2.25. The second-order valence-electron chi connectivity index (χ2n) is 7.31. The largest absolute Gasteiger partial charge is 0.299 e. The number of likely N-dealkylation sites (tertiary alicyclic amines) is 1. The molecule has 1 spiro atoms. The molecule has 4 aliphatic carbocycles. The van der Waals surface area contributed by atoms with E-state index >= 15 is 0 Å². The zero-order valence-corrected chi connectivity index (χ0v) is 10.9. The van der Waals surface area contributed by atoms with Crippen molar-refractivity contribution in [3.8, 4) is 0 Å². The fourth-order valence-electron chi connectivity index (χ4n) is 6.07. The van der Waals surface area contributed by atoms with Crippen molar-refractivity contribution >= 4 is 0 Å². The second kappa shape index (κ2) is 3.60. The fourth-order valence-corrected chi connectivity index (χ4v) is 6.07. The summed E-state index contributed by atoms with van der Waals surface area (Å²) < 4.78 is 0. The maximum atomic E-state index is 3.91. The van der Waals surface area contributed by atoms with Crippen LogP contribution in [0, 0.1) is 29.1 Å². The molecule has 5 aliphatic rings. The van der Waals surface area contributed by atoms with Crippen LogP contribution in [0.3, 0.4) is 0 Å². The van der Waals surface area contributed by atoms with Crippen LogP contribution in [0.5, 0.6) is 0 Å². The van der Waals surface area contributed by atoms with Crippen LogP contribution >= 0.6 is 0 Å². The minimum atomic E-state index is 0.746. The molecular formula is C16H25N. The third-order valence-electron chi connectivity index (χ3n) is 6.56. The first-order valence-electron chi connectivity index (χ1n) is 7.63. The summed E-state index contributed by atoms with van der Waals surface area (Å²) in [4.78, 5) is 2.66. The molecule has 1 heteroatoms. The Bertz CT molecular complexity index is 304. The first-order chi connectivity index (χ1) is 8.30. The van der Waals surface area contributed by atoms with Gasteiger partial charge in [0, 0.05) is 13.1 Å². The molecule has 94 valence electrons. The van der Waals surface area contributed by atoms with Crippen LogP contribution < -0.4 is 0 Å². The summed E-state index contributed by atoms with van der Waals surface area (Å²) in [5.74, 6) is 4.43. The molecule has 0 aromatic heterocycles. The van der Waals surface area contributed by atoms with Crippen LogP contribution in [0.1, 0.15) is 38.5 Å². The van der Waals surface area contributed by atoms with Gasteiger partial charge in [-0.3, -0.25) is 4.90 Å². The summed E-state index contributed by atoms with van der Waals surface area (Å²) >= 11 is 0. The van der Waals surface area contributed by atoms with Crippen LogP contribution in [-0.4, -0.2) is 24.5 Å². The van der Waals surface area contributed by atoms with Gasteiger partial charge >= 0.3 is 0 Å². The van der Waals surface area contributed by atoms with Gasteiger partial charge in [0.1, 0.15) is 0 Å². The van der Waals surface area contributed by atoms with Crippen LogP contribution in [-0.2, 0) is 0 Å². The molecule has 1 heterocycles. The van der Waals surface area contributed by atoms with E-state index in [1.54, 1.807) is 32.1 Å². The summed E-state index contributed by atoms with van der Waals surface area (Å²) in [6, 6.07) is 0. The molecular weight excluding hydrogens is 206 g/mol. The molecule has 0 radical (unpaired) electrons. The Labute approximate surface area is 105 Å². The summed E-state index contributed by atoms with van der Waals surface area (Å²) in [6.07, 6.45) is 11.5. The van der Waals surface area contributed by atoms with Crippen molar-refractivity contribution in [1.82, 2.24) is 4.90 Å². The number of nitrogens with zero attached hydrogens (tertiary/aromatic N) is 1. The highest BCUT2D eigenvalue weighted by atomic mass is 15.2. The van der Waals surface area contributed by atoms with Gasteiger partial charge < -0.3 is 0 Å². The predicted molar refractivity (Wildman–Crippen MR) is 70.7 cm³/mol. The third-order valence-corrected chi connectivity index (χ3v) is 6.56. The number of hydrogen-bond acceptors (Lipinski definition) is 1. The summed E-state index contributed by atoms with van der Waals surface area (Å²) in [6.45, 7) is 7.76. The maximum absolute atomic E-state index is 3.91. The van der Waals surface area contributed by atoms with Crippen molar-refractivity contribution in [2.75, 3.05) is 19.6 Å². The van der Waals surface area contributed by atoms with Crippen molar-refractivity contribution in [3.63, 3.8) is 0 Å². The average molecular weight is 231 g/mol. The highest BCUT2D eigenvalue weighted by Gasteiger charge is 2.58. The van der Waals surface area contributed by atoms with Crippen LogP contribution in [0.25, 0.3) is 0 Å². The summed E-state index contributed by atoms with van der Waals surface area (Å²) in [5.41, 5.74) is 0.746. The normalized spacial score (nSPS) is 52.5. The first-order valence-corrected chi connectivity index (χ1v) is 7.63. The molecule has 0 atom stereocenters. The zero-order chi connectivity index (χ0) is 11.5. The van der Waals surface area contributed by atoms with Gasteiger partial charge in [0.2, 0.25) is 0 Å². The summed E-state index contributed by atoms with van der Waals surface area (Å²) in [5, 5.41) is 0. The molecule has 0 N–H and O–H groups in total. The second-order valence-corrected chi connectivity index (χ2v) is 7.31. The Morgan fingerprint density at radius 1 is 1.06 bits per heavy atom. The van der Waals surface area contributed by atoms with E-state index in [9.17, 15) is 0 Å². The Morgan fingerprint density at radius 2 is 1.71 bits per heavy atom. The van der Waals surface area contributed by atoms with E-state index in [-0.39, 0.29) is 0 Å². The van der Waals surface area contributed by atoms with Crippen molar-refractivity contribution in [2.24, 2.45) is 29.1 Å². The van der Waals surface area contributed by atoms with Crippen LogP contribution in [0.2, 0.25) is 0 Å². The lowest BCUT2D eigenvalue weighted by Crippen LogP contribution is -2.54. The van der Waals surface area contributed by atoms with E-state index in [0.717, 1.165) is 35.6 Å². The topological polar surface area (TPSA) is 3.24 Å². The molecule has 1 aliphatic heterocycles. The van der Waals surface area contributed by atoms with E-state index < -0.39 is 0 Å². The average Bonchev–Trinajstić information content (AvgIpc) is 2.71. The van der Waals surface area contributed by atoms with Gasteiger partial charge in [-0.25, -0.2) is 0 Å². The molecule has 17 heavy (non-hydrogen) atoms. The third kappa shape index (κ3) is 1.41. The standard InChI is InChI=1S/C16H25N/c1-2-4-17-5-3-16(11-17)14-7-12-6-13(9-14)10-15(16)8-12/h2,12-15H,1,3-11H2.